The molecule has 0 aromatic rings. The summed E-state index contributed by atoms with van der Waals surface area (Å²) in [4.78, 5) is 28.8. The van der Waals surface area contributed by atoms with Crippen LogP contribution in [0.15, 0.2) is 29.3 Å². The Morgan fingerprint density at radius 3 is 1.55 bits per heavy atom. The summed E-state index contributed by atoms with van der Waals surface area (Å²) in [5.74, 6) is 0.441. The lowest BCUT2D eigenvalue weighted by atomic mass is 9.79. The van der Waals surface area contributed by atoms with Crippen LogP contribution in [0.1, 0.15) is 175 Å². The summed E-state index contributed by atoms with van der Waals surface area (Å²) in [6.07, 6.45) is 25.8. The quantitative estimate of drug-likeness (QED) is 0.126. The first-order valence-electron chi connectivity index (χ1n) is 19.8. The number of esters is 2. The average Bonchev–Trinajstić information content (AvgIpc) is 3.06. The van der Waals surface area contributed by atoms with Crippen LogP contribution in [-0.2, 0) is 19.1 Å². The molecule has 0 bridgehead atoms. The number of rotatable bonds is 11. The van der Waals surface area contributed by atoms with Crippen molar-refractivity contribution in [2.75, 3.05) is 33.4 Å². The molecule has 0 amide bonds. The van der Waals surface area contributed by atoms with E-state index in [0.29, 0.717) is 26.1 Å². The summed E-state index contributed by atoms with van der Waals surface area (Å²) in [6, 6.07) is 0. The molecule has 0 aromatic carbocycles. The predicted molar refractivity (Wildman–Crippen MR) is 197 cm³/mol. The van der Waals surface area contributed by atoms with Crippen LogP contribution >= 0.6 is 0 Å². The fraction of sp³-hybridized carbons (Fsp3) is 0.833. The number of allylic oxidation sites excluding steroid dienone is 1. The van der Waals surface area contributed by atoms with E-state index in [9.17, 15) is 9.59 Å². The third-order valence-corrected chi connectivity index (χ3v) is 9.96. The van der Waals surface area contributed by atoms with Crippen LogP contribution in [0.4, 0.5) is 0 Å². The number of unbranched alkanes of at least 4 members (excludes halogenated alkanes) is 4. The average molecular weight is 656 g/mol. The van der Waals surface area contributed by atoms with Crippen molar-refractivity contribution in [2.24, 2.45) is 17.8 Å². The van der Waals surface area contributed by atoms with Gasteiger partial charge in [-0.05, 0) is 87.8 Å². The van der Waals surface area contributed by atoms with Gasteiger partial charge in [0.2, 0.25) is 0 Å². The van der Waals surface area contributed by atoms with E-state index in [-0.39, 0.29) is 23.8 Å². The minimum Gasteiger partial charge on any atom is -0.466 e. The van der Waals surface area contributed by atoms with E-state index in [4.69, 9.17) is 9.47 Å². The van der Waals surface area contributed by atoms with E-state index in [1.807, 2.05) is 0 Å². The summed E-state index contributed by atoms with van der Waals surface area (Å²) in [5, 5.41) is 0. The molecular weight excluding hydrogens is 582 g/mol. The minimum absolute atomic E-state index is 0.0335. The van der Waals surface area contributed by atoms with E-state index in [0.717, 1.165) is 95.1 Å². The highest BCUT2D eigenvalue weighted by atomic mass is 16.5. The Balaban J connectivity index is 3.01. The minimum atomic E-state index is -0.146. The van der Waals surface area contributed by atoms with Crippen molar-refractivity contribution >= 4 is 11.9 Å². The van der Waals surface area contributed by atoms with Gasteiger partial charge in [0.1, 0.15) is 0 Å². The number of cyclic esters (lactones) is 2. The smallest absolute Gasteiger partial charge is 0.306 e. The number of carbonyl (C=O) groups is 2. The summed E-state index contributed by atoms with van der Waals surface area (Å²) in [6.45, 7) is 13.7. The van der Waals surface area contributed by atoms with Crippen LogP contribution < -0.4 is 0 Å². The predicted octanol–water partition coefficient (Wildman–Crippen LogP) is 11.3. The van der Waals surface area contributed by atoms with Crippen LogP contribution in [0.3, 0.4) is 0 Å². The SMILES string of the molecule is C=C=C=C=C1C(CCCCC)CC(=O)OCCCCCCCCC(CN(C)CC)CCCCCCCCOC(=O)CC1CCCCC. The van der Waals surface area contributed by atoms with Gasteiger partial charge in [-0.25, -0.2) is 0 Å². The molecule has 1 saturated heterocycles. The van der Waals surface area contributed by atoms with Gasteiger partial charge in [-0.1, -0.05) is 135 Å². The number of nitrogens with zero attached hydrogens (tertiary/aromatic N) is 1. The largest absolute Gasteiger partial charge is 0.466 e. The molecular formula is C42H73NO4. The first-order valence-corrected chi connectivity index (χ1v) is 19.8. The van der Waals surface area contributed by atoms with E-state index >= 15 is 0 Å². The Labute approximate surface area is 290 Å². The Morgan fingerprint density at radius 2 is 1.13 bits per heavy atom. The van der Waals surface area contributed by atoms with Crippen molar-refractivity contribution in [3.63, 3.8) is 0 Å². The molecule has 0 N–H and O–H groups in total. The van der Waals surface area contributed by atoms with Gasteiger partial charge in [-0.3, -0.25) is 9.59 Å². The van der Waals surface area contributed by atoms with Gasteiger partial charge in [0.25, 0.3) is 0 Å². The molecule has 2 atom stereocenters. The van der Waals surface area contributed by atoms with Gasteiger partial charge in [-0.15, -0.1) is 0 Å². The summed E-state index contributed by atoms with van der Waals surface area (Å²) in [7, 11) is 2.25. The molecule has 1 aliphatic rings. The van der Waals surface area contributed by atoms with Gasteiger partial charge in [0, 0.05) is 6.54 Å². The molecule has 0 radical (unpaired) electrons. The van der Waals surface area contributed by atoms with Gasteiger partial charge in [0.05, 0.1) is 26.1 Å². The molecule has 0 aliphatic carbocycles. The fourth-order valence-corrected chi connectivity index (χ4v) is 6.94. The van der Waals surface area contributed by atoms with Crippen LogP contribution in [0, 0.1) is 17.8 Å². The normalized spacial score (nSPS) is 22.8. The maximum Gasteiger partial charge on any atom is 0.306 e. The van der Waals surface area contributed by atoms with Gasteiger partial charge >= 0.3 is 11.9 Å². The molecule has 0 spiro atoms. The molecule has 47 heavy (non-hydrogen) atoms. The molecule has 1 heterocycles. The highest BCUT2D eigenvalue weighted by molar-refractivity contribution is 5.71. The van der Waals surface area contributed by atoms with Crippen molar-refractivity contribution in [1.82, 2.24) is 4.90 Å². The maximum atomic E-state index is 13.2. The maximum absolute atomic E-state index is 13.2. The highest BCUT2D eigenvalue weighted by Crippen LogP contribution is 2.33. The number of carbonyl (C=O) groups excluding carboxylic acids is 2. The van der Waals surface area contributed by atoms with E-state index in [2.05, 4.69) is 56.5 Å². The fourth-order valence-electron chi connectivity index (χ4n) is 6.94. The molecule has 0 aromatic heterocycles. The lowest BCUT2D eigenvalue weighted by Crippen LogP contribution is -2.25. The second-order valence-corrected chi connectivity index (χ2v) is 14.2. The second-order valence-electron chi connectivity index (χ2n) is 14.2. The van der Waals surface area contributed by atoms with Crippen LogP contribution in [-0.4, -0.2) is 50.2 Å². The molecule has 0 saturated carbocycles. The molecule has 5 nitrogen and oxygen atoms in total. The van der Waals surface area contributed by atoms with Crippen LogP contribution in [0.25, 0.3) is 0 Å². The highest BCUT2D eigenvalue weighted by Gasteiger charge is 2.28. The zero-order valence-corrected chi connectivity index (χ0v) is 31.3. The molecule has 1 fully saturated rings. The number of hydrogen-bond donors (Lipinski definition) is 0. The number of hydrogen-bond acceptors (Lipinski definition) is 5. The zero-order valence-electron chi connectivity index (χ0n) is 31.3. The molecule has 1 aliphatic heterocycles. The van der Waals surface area contributed by atoms with Crippen LogP contribution in [0.5, 0.6) is 0 Å². The Hall–Kier alpha value is -2.02. The molecule has 270 valence electrons. The Kier molecular flexibility index (Phi) is 27.5. The van der Waals surface area contributed by atoms with Gasteiger partial charge < -0.3 is 14.4 Å². The Bertz CT molecular complexity index is 873. The number of ether oxygens (including phenoxy) is 2. The topological polar surface area (TPSA) is 55.8 Å². The van der Waals surface area contributed by atoms with E-state index in [1.54, 1.807) is 0 Å². The van der Waals surface area contributed by atoms with E-state index in [1.165, 1.54) is 70.8 Å². The molecule has 2 unspecified atom stereocenters. The van der Waals surface area contributed by atoms with Crippen molar-refractivity contribution in [3.05, 3.63) is 29.3 Å². The lowest BCUT2D eigenvalue weighted by molar-refractivity contribution is -0.145. The van der Waals surface area contributed by atoms with Crippen molar-refractivity contribution in [2.45, 2.75) is 175 Å². The van der Waals surface area contributed by atoms with Crippen molar-refractivity contribution in [1.29, 1.82) is 0 Å². The van der Waals surface area contributed by atoms with Gasteiger partial charge in [-0.2, -0.15) is 0 Å². The zero-order chi connectivity index (χ0) is 34.4. The summed E-state index contributed by atoms with van der Waals surface area (Å²) in [5.41, 5.74) is 10.0. The lowest BCUT2D eigenvalue weighted by Gasteiger charge is -2.25. The van der Waals surface area contributed by atoms with E-state index < -0.39 is 0 Å². The third kappa shape index (κ3) is 23.1. The van der Waals surface area contributed by atoms with Crippen molar-refractivity contribution in [3.8, 4) is 0 Å². The second kappa shape index (κ2) is 30.1. The van der Waals surface area contributed by atoms with Crippen molar-refractivity contribution < 1.29 is 19.1 Å². The monoisotopic (exact) mass is 656 g/mol. The first kappa shape index (κ1) is 43.0. The first-order chi connectivity index (χ1) is 22.9. The summed E-state index contributed by atoms with van der Waals surface area (Å²) < 4.78 is 11.6. The standard InChI is InChI=1S/C42H73NO4/c1-6-10-21-29-38-34-41(44)46-32-25-19-15-13-17-23-27-37(36-43(5)9-4)28-24-18-14-16-20-26-33-47-42(45)35-39(30-22-11-7-2)40(38)31-12-8-3/h37-39H,3,6-7,9-11,13-30,32-36H2,1-2,4-5H3. The third-order valence-electron chi connectivity index (χ3n) is 9.96. The van der Waals surface area contributed by atoms with Gasteiger partial charge in [0.15, 0.2) is 0 Å². The summed E-state index contributed by atoms with van der Waals surface area (Å²) >= 11 is 0. The molecule has 5 heteroatoms. The Morgan fingerprint density at radius 1 is 0.681 bits per heavy atom. The molecule has 1 rings (SSSR count). The van der Waals surface area contributed by atoms with Crippen LogP contribution in [0.2, 0.25) is 0 Å².